The molecule has 0 spiro atoms. The molecule has 0 unspecified atom stereocenters. The minimum absolute atomic E-state index is 0.103. The van der Waals surface area contributed by atoms with Gasteiger partial charge in [0.05, 0.1) is 6.04 Å². The predicted octanol–water partition coefficient (Wildman–Crippen LogP) is 2.30. The van der Waals surface area contributed by atoms with Gasteiger partial charge in [0.2, 0.25) is 5.91 Å². The number of nitrogens with one attached hydrogen (secondary N) is 1. The van der Waals surface area contributed by atoms with E-state index >= 15 is 0 Å². The number of aryl methyl sites for hydroxylation is 2. The Morgan fingerprint density at radius 1 is 1.33 bits per heavy atom. The van der Waals surface area contributed by atoms with Gasteiger partial charge in [-0.05, 0) is 19.4 Å². The molecule has 0 bridgehead atoms. The zero-order valence-electron chi connectivity index (χ0n) is 13.8. The summed E-state index contributed by atoms with van der Waals surface area (Å²) in [5.74, 6) is -0.441. The fourth-order valence-corrected chi connectivity index (χ4v) is 3.35. The van der Waals surface area contributed by atoms with Crippen LogP contribution in [0.2, 0.25) is 0 Å². The molecular formula is C17H19N3O3S. The molecule has 1 aromatic carbocycles. The van der Waals surface area contributed by atoms with Crippen molar-refractivity contribution in [1.29, 1.82) is 0 Å². The third kappa shape index (κ3) is 3.32. The van der Waals surface area contributed by atoms with Gasteiger partial charge < -0.3 is 9.64 Å². The number of morpholine rings is 1. The minimum Gasteiger partial charge on any atom is -0.356 e. The number of likely N-dealkylation sites (N-methyl/N-ethyl adjacent to an activating group) is 1. The highest BCUT2D eigenvalue weighted by Gasteiger charge is 2.40. The lowest BCUT2D eigenvalue weighted by Gasteiger charge is -2.38. The summed E-state index contributed by atoms with van der Waals surface area (Å²) in [5, 5.41) is 3.32. The van der Waals surface area contributed by atoms with Crippen LogP contribution in [0.15, 0.2) is 30.5 Å². The quantitative estimate of drug-likeness (QED) is 0.926. The number of carbonyl (C=O) groups excluding carboxylic acids is 2. The lowest BCUT2D eigenvalue weighted by atomic mass is 9.97. The number of hydrogen-bond donors (Lipinski definition) is 1. The molecule has 0 radical (unpaired) electrons. The number of hydrogen-bond acceptors (Lipinski definition) is 5. The molecule has 2 heterocycles. The SMILES string of the molecule is Cc1ccc([C@H]2[C@@H](C(=O)Nc3ncc(C)s3)OCC(=O)N2C)cc1. The molecule has 1 N–H and O–H groups in total. The number of rotatable bonds is 3. The van der Waals surface area contributed by atoms with Gasteiger partial charge in [0.25, 0.3) is 5.91 Å². The second-order valence-electron chi connectivity index (χ2n) is 5.86. The zero-order valence-corrected chi connectivity index (χ0v) is 14.6. The Labute approximate surface area is 144 Å². The number of ether oxygens (including phenoxy) is 1. The van der Waals surface area contributed by atoms with Crippen molar-refractivity contribution in [2.75, 3.05) is 19.0 Å². The maximum atomic E-state index is 12.7. The topological polar surface area (TPSA) is 71.5 Å². The molecule has 1 aliphatic heterocycles. The van der Waals surface area contributed by atoms with Gasteiger partial charge in [-0.2, -0.15) is 0 Å². The van der Waals surface area contributed by atoms with E-state index < -0.39 is 12.1 Å². The van der Waals surface area contributed by atoms with Crippen LogP contribution in [0.1, 0.15) is 22.0 Å². The molecule has 6 nitrogen and oxygen atoms in total. The number of anilines is 1. The fraction of sp³-hybridized carbons (Fsp3) is 0.353. The normalized spacial score (nSPS) is 21.0. The minimum atomic E-state index is -0.778. The summed E-state index contributed by atoms with van der Waals surface area (Å²) in [5.41, 5.74) is 1.98. The molecule has 0 aliphatic carbocycles. The predicted molar refractivity (Wildman–Crippen MR) is 91.9 cm³/mol. The molecule has 2 atom stereocenters. The summed E-state index contributed by atoms with van der Waals surface area (Å²) >= 11 is 1.40. The van der Waals surface area contributed by atoms with E-state index in [9.17, 15) is 9.59 Å². The van der Waals surface area contributed by atoms with E-state index in [1.165, 1.54) is 11.3 Å². The van der Waals surface area contributed by atoms with Crippen molar-refractivity contribution in [1.82, 2.24) is 9.88 Å². The van der Waals surface area contributed by atoms with E-state index in [1.54, 1.807) is 18.1 Å². The summed E-state index contributed by atoms with van der Waals surface area (Å²) in [6, 6.07) is 7.30. The van der Waals surface area contributed by atoms with Crippen molar-refractivity contribution in [3.63, 3.8) is 0 Å². The number of benzene rings is 1. The second kappa shape index (κ2) is 6.70. The van der Waals surface area contributed by atoms with Crippen LogP contribution in [0.25, 0.3) is 0 Å². The van der Waals surface area contributed by atoms with Gasteiger partial charge in [0.15, 0.2) is 11.2 Å². The Morgan fingerprint density at radius 3 is 2.67 bits per heavy atom. The van der Waals surface area contributed by atoms with E-state index in [0.717, 1.165) is 16.0 Å². The molecule has 126 valence electrons. The van der Waals surface area contributed by atoms with Gasteiger partial charge in [0.1, 0.15) is 6.61 Å². The molecule has 2 aromatic rings. The summed E-state index contributed by atoms with van der Waals surface area (Å²) in [6.07, 6.45) is 0.925. The highest BCUT2D eigenvalue weighted by atomic mass is 32.1. The Bertz CT molecular complexity index is 757. The number of carbonyl (C=O) groups is 2. The van der Waals surface area contributed by atoms with Crippen molar-refractivity contribution in [2.24, 2.45) is 0 Å². The van der Waals surface area contributed by atoms with Crippen LogP contribution in [-0.4, -0.2) is 41.5 Å². The van der Waals surface area contributed by atoms with Crippen LogP contribution in [0.5, 0.6) is 0 Å². The summed E-state index contributed by atoms with van der Waals surface area (Å²) in [4.78, 5) is 31.4. The number of amides is 2. The molecule has 1 aliphatic rings. The highest BCUT2D eigenvalue weighted by Crippen LogP contribution is 2.30. The standard InChI is InChI=1S/C17H19N3O3S/c1-10-4-6-12(7-5-10)14-15(23-9-13(21)20(14)3)16(22)19-17-18-8-11(2)24-17/h4-8,14-15H,9H2,1-3H3,(H,18,19,22)/t14-,15-/m0/s1. The molecule has 24 heavy (non-hydrogen) atoms. The van der Waals surface area contributed by atoms with Crippen molar-refractivity contribution in [3.8, 4) is 0 Å². The van der Waals surface area contributed by atoms with Crippen LogP contribution >= 0.6 is 11.3 Å². The van der Waals surface area contributed by atoms with Gasteiger partial charge in [0, 0.05) is 18.1 Å². The first kappa shape index (κ1) is 16.6. The maximum absolute atomic E-state index is 12.7. The number of thiazole rings is 1. The van der Waals surface area contributed by atoms with Crippen LogP contribution in [0.3, 0.4) is 0 Å². The lowest BCUT2D eigenvalue weighted by Crippen LogP contribution is -2.51. The first-order chi connectivity index (χ1) is 11.5. The van der Waals surface area contributed by atoms with Gasteiger partial charge in [-0.15, -0.1) is 11.3 Å². The van der Waals surface area contributed by atoms with E-state index in [1.807, 2.05) is 38.1 Å². The smallest absolute Gasteiger partial charge is 0.257 e. The zero-order chi connectivity index (χ0) is 17.3. The van der Waals surface area contributed by atoms with Crippen molar-refractivity contribution < 1.29 is 14.3 Å². The third-order valence-corrected chi connectivity index (χ3v) is 4.84. The second-order valence-corrected chi connectivity index (χ2v) is 7.09. The third-order valence-electron chi connectivity index (χ3n) is 4.01. The van der Waals surface area contributed by atoms with Crippen LogP contribution in [0.4, 0.5) is 5.13 Å². The molecule has 1 fully saturated rings. The Hall–Kier alpha value is -2.25. The molecule has 7 heteroatoms. The molecule has 3 rings (SSSR count). The van der Waals surface area contributed by atoms with E-state index in [4.69, 9.17) is 4.74 Å². The van der Waals surface area contributed by atoms with E-state index in [2.05, 4.69) is 10.3 Å². The first-order valence-corrected chi connectivity index (χ1v) is 8.44. The van der Waals surface area contributed by atoms with Crippen molar-refractivity contribution in [3.05, 3.63) is 46.5 Å². The molecule has 2 amide bonds. The van der Waals surface area contributed by atoms with Crippen molar-refractivity contribution in [2.45, 2.75) is 26.0 Å². The molecule has 1 aromatic heterocycles. The van der Waals surface area contributed by atoms with Crippen molar-refractivity contribution >= 4 is 28.3 Å². The molecule has 0 saturated carbocycles. The summed E-state index contributed by atoms with van der Waals surface area (Å²) in [7, 11) is 1.70. The average molecular weight is 345 g/mol. The van der Waals surface area contributed by atoms with Gasteiger partial charge in [-0.3, -0.25) is 14.9 Å². The van der Waals surface area contributed by atoms with Crippen LogP contribution in [-0.2, 0) is 14.3 Å². The number of nitrogens with zero attached hydrogens (tertiary/aromatic N) is 2. The first-order valence-electron chi connectivity index (χ1n) is 7.63. The van der Waals surface area contributed by atoms with Gasteiger partial charge in [-0.25, -0.2) is 4.98 Å². The van der Waals surface area contributed by atoms with E-state index in [0.29, 0.717) is 5.13 Å². The monoisotopic (exact) mass is 345 g/mol. The fourth-order valence-electron chi connectivity index (χ4n) is 2.68. The Balaban J connectivity index is 1.86. The largest absolute Gasteiger partial charge is 0.356 e. The number of aromatic nitrogens is 1. The maximum Gasteiger partial charge on any atom is 0.257 e. The Morgan fingerprint density at radius 2 is 2.04 bits per heavy atom. The Kier molecular flexibility index (Phi) is 4.64. The van der Waals surface area contributed by atoms with E-state index in [-0.39, 0.29) is 18.4 Å². The van der Waals surface area contributed by atoms with Crippen LogP contribution in [0, 0.1) is 13.8 Å². The molecular weight excluding hydrogens is 326 g/mol. The average Bonchev–Trinajstić information content (AvgIpc) is 2.96. The lowest BCUT2D eigenvalue weighted by molar-refractivity contribution is -0.160. The molecule has 1 saturated heterocycles. The van der Waals surface area contributed by atoms with Crippen LogP contribution < -0.4 is 5.32 Å². The highest BCUT2D eigenvalue weighted by molar-refractivity contribution is 7.15. The summed E-state index contributed by atoms with van der Waals surface area (Å²) < 4.78 is 5.57. The van der Waals surface area contributed by atoms with Gasteiger partial charge >= 0.3 is 0 Å². The van der Waals surface area contributed by atoms with Gasteiger partial charge in [-0.1, -0.05) is 29.8 Å². The summed E-state index contributed by atoms with van der Waals surface area (Å²) in [6.45, 7) is 3.81.